The van der Waals surface area contributed by atoms with E-state index in [0.717, 1.165) is 0 Å². The smallest absolute Gasteiger partial charge is 0.391 e. The van der Waals surface area contributed by atoms with Crippen molar-refractivity contribution < 1.29 is 32.6 Å². The number of ketones is 1. The van der Waals surface area contributed by atoms with Crippen molar-refractivity contribution in [3.8, 4) is 5.75 Å². The molecule has 10 heteroatoms. The van der Waals surface area contributed by atoms with Crippen LogP contribution in [0.3, 0.4) is 0 Å². The van der Waals surface area contributed by atoms with Crippen molar-refractivity contribution in [1.82, 2.24) is 14.9 Å². The number of aliphatic hydroxyl groups is 1. The molecule has 2 aromatic heterocycles. The highest BCUT2D eigenvalue weighted by Gasteiger charge is 2.44. The minimum Gasteiger partial charge on any atom is -0.489 e. The summed E-state index contributed by atoms with van der Waals surface area (Å²) in [6, 6.07) is 8.10. The van der Waals surface area contributed by atoms with Crippen LogP contribution in [0.2, 0.25) is 0 Å². The lowest BCUT2D eigenvalue weighted by molar-refractivity contribution is -0.185. The van der Waals surface area contributed by atoms with Gasteiger partial charge in [0, 0.05) is 30.6 Å². The summed E-state index contributed by atoms with van der Waals surface area (Å²) in [5, 5.41) is 10.2. The number of alkyl halides is 3. The molecule has 2 aromatic rings. The van der Waals surface area contributed by atoms with Gasteiger partial charge in [-0.05, 0) is 56.4 Å². The maximum atomic E-state index is 13.1. The Bertz CT molecular complexity index is 1030. The second kappa shape index (κ2) is 10.7. The monoisotopic (exact) mass is 491 g/mol. The Morgan fingerprint density at radius 2 is 1.80 bits per heavy atom. The summed E-state index contributed by atoms with van der Waals surface area (Å²) in [7, 11) is 0. The summed E-state index contributed by atoms with van der Waals surface area (Å²) in [6.07, 6.45) is -1.29. The number of likely N-dealkylation sites (tertiary alicyclic amines) is 1. The van der Waals surface area contributed by atoms with Gasteiger partial charge in [0.25, 0.3) is 0 Å². The molecule has 0 unspecified atom stereocenters. The van der Waals surface area contributed by atoms with Crippen LogP contribution in [-0.2, 0) is 11.2 Å². The molecule has 1 saturated carbocycles. The van der Waals surface area contributed by atoms with Gasteiger partial charge in [-0.25, -0.2) is 4.98 Å². The molecule has 1 aliphatic heterocycles. The van der Waals surface area contributed by atoms with Crippen LogP contribution in [0.15, 0.2) is 42.7 Å². The molecule has 2 atom stereocenters. The summed E-state index contributed by atoms with van der Waals surface area (Å²) in [6.45, 7) is 0.154. The van der Waals surface area contributed by atoms with Crippen LogP contribution < -0.4 is 4.74 Å². The Balaban J connectivity index is 1.38. The van der Waals surface area contributed by atoms with Gasteiger partial charge in [0.15, 0.2) is 5.78 Å². The second-order valence-corrected chi connectivity index (χ2v) is 9.21. The molecule has 188 valence electrons. The number of Topliss-reactive ketones (excluding diaryl/α,β-unsaturated/α-hetero) is 1. The lowest BCUT2D eigenvalue weighted by atomic mass is 9.81. The van der Waals surface area contributed by atoms with Crippen molar-refractivity contribution in [3.05, 3.63) is 54.1 Å². The second-order valence-electron chi connectivity index (χ2n) is 9.21. The Morgan fingerprint density at radius 3 is 2.49 bits per heavy atom. The fourth-order valence-electron chi connectivity index (χ4n) is 4.88. The van der Waals surface area contributed by atoms with E-state index in [0.29, 0.717) is 12.1 Å². The van der Waals surface area contributed by atoms with Crippen molar-refractivity contribution >= 4 is 11.7 Å². The molecule has 0 aromatic carbocycles. The number of aromatic nitrogens is 2. The fourth-order valence-corrected chi connectivity index (χ4v) is 4.88. The predicted octanol–water partition coefficient (Wildman–Crippen LogP) is 3.61. The van der Waals surface area contributed by atoms with Gasteiger partial charge in [-0.15, -0.1) is 0 Å². The molecule has 4 rings (SSSR count). The number of pyridine rings is 2. The highest BCUT2D eigenvalue weighted by Crippen LogP contribution is 2.40. The maximum absolute atomic E-state index is 13.1. The SMILES string of the molecule is O=C(Cc1ccccn1)c1ncccc1OC[C@H]1C[C@H](O)CN1C(=O)C1CCC(C(F)(F)F)CC1. The van der Waals surface area contributed by atoms with Crippen LogP contribution in [0.5, 0.6) is 5.75 Å². The largest absolute Gasteiger partial charge is 0.489 e. The molecule has 1 aliphatic carbocycles. The van der Waals surface area contributed by atoms with E-state index in [4.69, 9.17) is 4.74 Å². The highest BCUT2D eigenvalue weighted by atomic mass is 19.4. The van der Waals surface area contributed by atoms with Crippen LogP contribution in [0, 0.1) is 11.8 Å². The van der Waals surface area contributed by atoms with Crippen molar-refractivity contribution in [2.75, 3.05) is 13.2 Å². The number of amides is 1. The highest BCUT2D eigenvalue weighted by molar-refractivity contribution is 5.97. The van der Waals surface area contributed by atoms with Crippen LogP contribution in [0.4, 0.5) is 13.2 Å². The lowest BCUT2D eigenvalue weighted by Crippen LogP contribution is -2.44. The van der Waals surface area contributed by atoms with Crippen LogP contribution in [-0.4, -0.2) is 63.1 Å². The number of rotatable bonds is 7. The van der Waals surface area contributed by atoms with E-state index in [9.17, 15) is 27.9 Å². The van der Waals surface area contributed by atoms with E-state index in [-0.39, 0.29) is 68.4 Å². The molecule has 3 heterocycles. The van der Waals surface area contributed by atoms with E-state index in [1.54, 1.807) is 36.5 Å². The minimum absolute atomic E-state index is 0.0380. The number of nitrogens with zero attached hydrogens (tertiary/aromatic N) is 3. The number of halogens is 3. The zero-order valence-electron chi connectivity index (χ0n) is 19.2. The molecule has 0 spiro atoms. The Kier molecular flexibility index (Phi) is 7.69. The van der Waals surface area contributed by atoms with Crippen LogP contribution >= 0.6 is 0 Å². The molecular weight excluding hydrogens is 463 g/mol. The quantitative estimate of drug-likeness (QED) is 0.595. The Labute approximate surface area is 201 Å². The standard InChI is InChI=1S/C25H28F3N3O4/c26-25(27,28)17-8-6-16(7-9-17)24(34)31-14-20(32)13-19(31)15-35-22-5-3-11-30-23(22)21(33)12-18-4-1-2-10-29-18/h1-5,10-11,16-17,19-20,32H,6-9,12-15H2/t16?,17?,19-,20+/m1/s1. The topological polar surface area (TPSA) is 92.6 Å². The number of β-amino-alcohol motifs (C(OH)–C–C–N with tert-alkyl or cyclic N) is 1. The summed E-state index contributed by atoms with van der Waals surface area (Å²) in [5.74, 6) is -2.08. The number of hydrogen-bond donors (Lipinski definition) is 1. The third-order valence-corrected chi connectivity index (χ3v) is 6.75. The Morgan fingerprint density at radius 1 is 1.06 bits per heavy atom. The zero-order chi connectivity index (χ0) is 25.0. The zero-order valence-corrected chi connectivity index (χ0v) is 19.2. The number of aliphatic hydroxyl groups excluding tert-OH is 1. The van der Waals surface area contributed by atoms with E-state index in [1.807, 2.05) is 0 Å². The molecule has 1 saturated heterocycles. The summed E-state index contributed by atoms with van der Waals surface area (Å²) in [4.78, 5) is 35.7. The molecule has 1 amide bonds. The molecule has 2 aliphatic rings. The molecule has 35 heavy (non-hydrogen) atoms. The Hall–Kier alpha value is -3.01. The van der Waals surface area contributed by atoms with E-state index >= 15 is 0 Å². The lowest BCUT2D eigenvalue weighted by Gasteiger charge is -2.33. The minimum atomic E-state index is -4.23. The molecule has 0 bridgehead atoms. The van der Waals surface area contributed by atoms with Crippen molar-refractivity contribution in [1.29, 1.82) is 0 Å². The maximum Gasteiger partial charge on any atom is 0.391 e. The fraction of sp³-hybridized carbons (Fsp3) is 0.520. The van der Waals surface area contributed by atoms with Gasteiger partial charge < -0.3 is 14.7 Å². The van der Waals surface area contributed by atoms with Gasteiger partial charge in [0.1, 0.15) is 18.1 Å². The predicted molar refractivity (Wildman–Crippen MR) is 120 cm³/mol. The third-order valence-electron chi connectivity index (χ3n) is 6.75. The van der Waals surface area contributed by atoms with Crippen molar-refractivity contribution in [2.45, 2.75) is 56.8 Å². The van der Waals surface area contributed by atoms with E-state index in [1.165, 1.54) is 11.1 Å². The van der Waals surface area contributed by atoms with Gasteiger partial charge in [-0.1, -0.05) is 6.07 Å². The van der Waals surface area contributed by atoms with Gasteiger partial charge in [-0.3, -0.25) is 14.6 Å². The number of carbonyl (C=O) groups is 2. The summed E-state index contributed by atoms with van der Waals surface area (Å²) in [5.41, 5.74) is 0.755. The van der Waals surface area contributed by atoms with Gasteiger partial charge in [0.05, 0.1) is 24.5 Å². The molecule has 2 fully saturated rings. The first-order chi connectivity index (χ1) is 16.7. The van der Waals surface area contributed by atoms with Crippen LogP contribution in [0.25, 0.3) is 0 Å². The molecule has 1 N–H and O–H groups in total. The average molecular weight is 492 g/mol. The van der Waals surface area contributed by atoms with Gasteiger partial charge >= 0.3 is 6.18 Å². The van der Waals surface area contributed by atoms with Crippen molar-refractivity contribution in [3.63, 3.8) is 0 Å². The number of hydrogen-bond acceptors (Lipinski definition) is 6. The molecular formula is C25H28F3N3O4. The van der Waals surface area contributed by atoms with E-state index < -0.39 is 30.2 Å². The van der Waals surface area contributed by atoms with E-state index in [2.05, 4.69) is 9.97 Å². The molecule has 7 nitrogen and oxygen atoms in total. The molecule has 0 radical (unpaired) electrons. The van der Waals surface area contributed by atoms with Crippen molar-refractivity contribution in [2.24, 2.45) is 11.8 Å². The normalized spacial score (nSPS) is 24.9. The first-order valence-corrected chi connectivity index (χ1v) is 11.8. The number of carbonyl (C=O) groups excluding carboxylic acids is 2. The third kappa shape index (κ3) is 6.17. The average Bonchev–Trinajstić information content (AvgIpc) is 3.23. The van der Waals surface area contributed by atoms with Gasteiger partial charge in [0.2, 0.25) is 5.91 Å². The first kappa shape index (κ1) is 25.1. The van der Waals surface area contributed by atoms with Gasteiger partial charge in [-0.2, -0.15) is 13.2 Å². The summed E-state index contributed by atoms with van der Waals surface area (Å²) >= 11 is 0. The van der Waals surface area contributed by atoms with Crippen LogP contribution in [0.1, 0.15) is 48.3 Å². The number of ether oxygens (including phenoxy) is 1. The first-order valence-electron chi connectivity index (χ1n) is 11.8. The summed E-state index contributed by atoms with van der Waals surface area (Å²) < 4.78 is 44.8.